The maximum atomic E-state index is 11.8. The molecule has 0 fully saturated rings. The molecule has 0 radical (unpaired) electrons. The number of halogens is 4. The summed E-state index contributed by atoms with van der Waals surface area (Å²) in [4.78, 5) is 0. The highest BCUT2D eigenvalue weighted by Gasteiger charge is 2.27. The quantitative estimate of drug-likeness (QED) is 0.761. The molecule has 7 heteroatoms. The fourth-order valence-corrected chi connectivity index (χ4v) is 1.95. The van der Waals surface area contributed by atoms with Crippen LogP contribution in [0, 0.1) is 0 Å². The molecule has 0 N–H and O–H groups in total. The van der Waals surface area contributed by atoms with Crippen LogP contribution in [0.5, 0.6) is 0 Å². The molecule has 1 heterocycles. The van der Waals surface area contributed by atoms with Crippen molar-refractivity contribution in [3.63, 3.8) is 0 Å². The predicted octanol–water partition coefficient (Wildman–Crippen LogP) is 2.81. The van der Waals surface area contributed by atoms with E-state index in [1.165, 1.54) is 11.3 Å². The minimum Gasteiger partial charge on any atom is -0.171 e. The molecule has 0 aliphatic rings. The topological polar surface area (TPSA) is 25.8 Å². The molecule has 0 spiro atoms. The fraction of sp³-hybridized carbons (Fsp3) is 0.714. The molecular formula is C7H8ClF3N2S. The lowest BCUT2D eigenvalue weighted by Crippen LogP contribution is -2.08. The first kappa shape index (κ1) is 11.7. The molecule has 0 unspecified atom stereocenters. The summed E-state index contributed by atoms with van der Waals surface area (Å²) in [6.45, 7) is 0. The van der Waals surface area contributed by atoms with Gasteiger partial charge in [0.2, 0.25) is 0 Å². The SMILES string of the molecule is FC(F)(F)CCc1nnc(CCCl)s1. The lowest BCUT2D eigenvalue weighted by Gasteiger charge is -2.02. The maximum Gasteiger partial charge on any atom is 0.389 e. The summed E-state index contributed by atoms with van der Waals surface area (Å²) in [6.07, 6.45) is -4.50. The fourth-order valence-electron chi connectivity index (χ4n) is 0.820. The Morgan fingerprint density at radius 2 is 1.71 bits per heavy atom. The monoisotopic (exact) mass is 244 g/mol. The lowest BCUT2D eigenvalue weighted by atomic mass is 10.3. The van der Waals surface area contributed by atoms with Crippen LogP contribution in [-0.2, 0) is 12.8 Å². The van der Waals surface area contributed by atoms with Gasteiger partial charge in [0.05, 0.1) is 0 Å². The number of aromatic nitrogens is 2. The molecule has 0 atom stereocenters. The number of hydrogen-bond acceptors (Lipinski definition) is 3. The van der Waals surface area contributed by atoms with Gasteiger partial charge in [-0.25, -0.2) is 0 Å². The molecule has 80 valence electrons. The zero-order chi connectivity index (χ0) is 10.6. The van der Waals surface area contributed by atoms with Crippen molar-refractivity contribution in [3.8, 4) is 0 Å². The highest BCUT2D eigenvalue weighted by atomic mass is 35.5. The van der Waals surface area contributed by atoms with E-state index in [1.54, 1.807) is 0 Å². The number of hydrogen-bond donors (Lipinski definition) is 0. The van der Waals surface area contributed by atoms with Crippen LogP contribution in [0.2, 0.25) is 0 Å². The Hall–Kier alpha value is -0.360. The number of alkyl halides is 4. The van der Waals surface area contributed by atoms with Crippen LogP contribution in [0.3, 0.4) is 0 Å². The lowest BCUT2D eigenvalue weighted by molar-refractivity contribution is -0.134. The Balaban J connectivity index is 2.44. The first-order valence-corrected chi connectivity index (χ1v) is 5.30. The van der Waals surface area contributed by atoms with Gasteiger partial charge in [-0.3, -0.25) is 0 Å². The normalized spacial score (nSPS) is 12.0. The Kier molecular flexibility index (Phi) is 4.12. The molecule has 2 nitrogen and oxygen atoms in total. The summed E-state index contributed by atoms with van der Waals surface area (Å²) in [5, 5.41) is 8.48. The zero-order valence-electron chi connectivity index (χ0n) is 7.14. The molecule has 0 aliphatic heterocycles. The molecule has 0 bridgehead atoms. The second kappa shape index (κ2) is 4.93. The maximum absolute atomic E-state index is 11.8. The summed E-state index contributed by atoms with van der Waals surface area (Å²) in [5.74, 6) is 0.411. The van der Waals surface area contributed by atoms with Gasteiger partial charge in [0, 0.05) is 25.1 Å². The van der Waals surface area contributed by atoms with Crippen molar-refractivity contribution in [2.45, 2.75) is 25.4 Å². The van der Waals surface area contributed by atoms with Crippen molar-refractivity contribution in [2.75, 3.05) is 5.88 Å². The smallest absolute Gasteiger partial charge is 0.171 e. The van der Waals surface area contributed by atoms with Crippen LogP contribution in [0.4, 0.5) is 13.2 Å². The van der Waals surface area contributed by atoms with Crippen LogP contribution in [0.15, 0.2) is 0 Å². The van der Waals surface area contributed by atoms with E-state index in [2.05, 4.69) is 10.2 Å². The second-order valence-electron chi connectivity index (χ2n) is 2.64. The van der Waals surface area contributed by atoms with Crippen molar-refractivity contribution < 1.29 is 13.2 Å². The van der Waals surface area contributed by atoms with E-state index in [1.807, 2.05) is 0 Å². The molecular weight excluding hydrogens is 237 g/mol. The van der Waals surface area contributed by atoms with Crippen molar-refractivity contribution in [3.05, 3.63) is 10.0 Å². The Bertz CT molecular complexity index is 287. The molecule has 0 aliphatic carbocycles. The van der Waals surface area contributed by atoms with E-state index in [9.17, 15) is 13.2 Å². The van der Waals surface area contributed by atoms with E-state index in [4.69, 9.17) is 11.6 Å². The van der Waals surface area contributed by atoms with Crippen LogP contribution >= 0.6 is 22.9 Å². The average molecular weight is 245 g/mol. The molecule has 14 heavy (non-hydrogen) atoms. The third-order valence-electron chi connectivity index (χ3n) is 1.44. The molecule has 0 saturated heterocycles. The van der Waals surface area contributed by atoms with Gasteiger partial charge in [-0.2, -0.15) is 13.2 Å². The molecule has 1 aromatic rings. The molecule has 0 amide bonds. The summed E-state index contributed by atoms with van der Waals surface area (Å²) in [7, 11) is 0. The third kappa shape index (κ3) is 4.23. The van der Waals surface area contributed by atoms with Crippen LogP contribution < -0.4 is 0 Å². The Morgan fingerprint density at radius 3 is 2.21 bits per heavy atom. The van der Waals surface area contributed by atoms with Crippen LogP contribution in [0.1, 0.15) is 16.4 Å². The molecule has 0 saturated carbocycles. The van der Waals surface area contributed by atoms with Gasteiger partial charge in [0.1, 0.15) is 10.0 Å². The highest BCUT2D eigenvalue weighted by Crippen LogP contribution is 2.23. The van der Waals surface area contributed by atoms with Crippen molar-refractivity contribution >= 4 is 22.9 Å². The predicted molar refractivity (Wildman–Crippen MR) is 48.7 cm³/mol. The first-order valence-electron chi connectivity index (χ1n) is 3.95. The number of nitrogens with zero attached hydrogens (tertiary/aromatic N) is 2. The Morgan fingerprint density at radius 1 is 1.14 bits per heavy atom. The summed E-state index contributed by atoms with van der Waals surface area (Å²) in [6, 6.07) is 0. The van der Waals surface area contributed by atoms with Gasteiger partial charge in [0.15, 0.2) is 0 Å². The summed E-state index contributed by atoms with van der Waals surface area (Å²) >= 11 is 6.65. The Labute approximate surface area is 88.1 Å². The third-order valence-corrected chi connectivity index (χ3v) is 2.67. The number of aryl methyl sites for hydroxylation is 2. The average Bonchev–Trinajstić information content (AvgIpc) is 2.49. The van der Waals surface area contributed by atoms with Crippen molar-refractivity contribution in [2.24, 2.45) is 0 Å². The standard InChI is InChI=1S/C7H8ClF3N2S/c8-4-2-6-13-12-5(14-6)1-3-7(9,10)11/h1-4H2. The highest BCUT2D eigenvalue weighted by molar-refractivity contribution is 7.11. The van der Waals surface area contributed by atoms with E-state index >= 15 is 0 Å². The van der Waals surface area contributed by atoms with E-state index in [0.29, 0.717) is 22.3 Å². The number of rotatable bonds is 4. The molecule has 1 rings (SSSR count). The van der Waals surface area contributed by atoms with Crippen molar-refractivity contribution in [1.29, 1.82) is 0 Å². The van der Waals surface area contributed by atoms with Crippen LogP contribution in [-0.4, -0.2) is 22.3 Å². The van der Waals surface area contributed by atoms with Gasteiger partial charge in [-0.05, 0) is 0 Å². The minimum absolute atomic E-state index is 0.0938. The van der Waals surface area contributed by atoms with Gasteiger partial charge in [0.25, 0.3) is 0 Å². The van der Waals surface area contributed by atoms with Crippen molar-refractivity contribution in [1.82, 2.24) is 10.2 Å². The summed E-state index contributed by atoms with van der Waals surface area (Å²) < 4.78 is 35.5. The molecule has 0 aromatic carbocycles. The first-order chi connectivity index (χ1) is 6.51. The summed E-state index contributed by atoms with van der Waals surface area (Å²) in [5.41, 5.74) is 0. The van der Waals surface area contributed by atoms with E-state index in [0.717, 1.165) is 0 Å². The zero-order valence-corrected chi connectivity index (χ0v) is 8.72. The van der Waals surface area contributed by atoms with Gasteiger partial charge in [-0.15, -0.1) is 33.1 Å². The largest absolute Gasteiger partial charge is 0.389 e. The van der Waals surface area contributed by atoms with Gasteiger partial charge < -0.3 is 0 Å². The van der Waals surface area contributed by atoms with E-state index in [-0.39, 0.29) is 6.42 Å². The molecule has 1 aromatic heterocycles. The van der Waals surface area contributed by atoms with Gasteiger partial charge in [-0.1, -0.05) is 0 Å². The minimum atomic E-state index is -4.13. The van der Waals surface area contributed by atoms with Gasteiger partial charge >= 0.3 is 6.18 Å². The van der Waals surface area contributed by atoms with E-state index < -0.39 is 12.6 Å². The van der Waals surface area contributed by atoms with Crippen LogP contribution in [0.25, 0.3) is 0 Å². The second-order valence-corrected chi connectivity index (χ2v) is 4.17.